The monoisotopic (exact) mass is 189 g/mol. The molecule has 0 aliphatic rings. The largest absolute Gasteiger partial charge is 0.506 e. The van der Waals surface area contributed by atoms with Gasteiger partial charge in [0.15, 0.2) is 0 Å². The Morgan fingerprint density at radius 2 is 2.21 bits per heavy atom. The normalized spacial score (nSPS) is 10.4. The van der Waals surface area contributed by atoms with E-state index < -0.39 is 0 Å². The molecule has 0 atom stereocenters. The summed E-state index contributed by atoms with van der Waals surface area (Å²) >= 11 is 0. The molecule has 2 aromatic rings. The third-order valence-corrected chi connectivity index (χ3v) is 2.11. The van der Waals surface area contributed by atoms with Gasteiger partial charge in [-0.05, 0) is 12.1 Å². The van der Waals surface area contributed by atoms with E-state index in [4.69, 9.17) is 0 Å². The second-order valence-corrected chi connectivity index (χ2v) is 3.10. The predicted molar refractivity (Wildman–Crippen MR) is 51.9 cm³/mol. The highest BCUT2D eigenvalue weighted by Gasteiger charge is 2.05. The Balaban J connectivity index is 2.28. The summed E-state index contributed by atoms with van der Waals surface area (Å²) in [5.74, 6) is 1.11. The van der Waals surface area contributed by atoms with E-state index in [2.05, 4.69) is 9.97 Å². The van der Waals surface area contributed by atoms with E-state index in [1.807, 2.05) is 17.8 Å². The fraction of sp³-hybridized carbons (Fsp3) is 0.200. The van der Waals surface area contributed by atoms with Crippen molar-refractivity contribution in [3.63, 3.8) is 0 Å². The molecule has 0 spiro atoms. The van der Waals surface area contributed by atoms with Crippen LogP contribution in [-0.4, -0.2) is 19.6 Å². The van der Waals surface area contributed by atoms with Crippen LogP contribution in [0.1, 0.15) is 11.5 Å². The molecule has 0 unspecified atom stereocenters. The van der Waals surface area contributed by atoms with Crippen molar-refractivity contribution in [1.82, 2.24) is 14.5 Å². The van der Waals surface area contributed by atoms with E-state index >= 15 is 0 Å². The van der Waals surface area contributed by atoms with Crippen LogP contribution in [0.15, 0.2) is 30.7 Å². The first-order valence-corrected chi connectivity index (χ1v) is 4.36. The second kappa shape index (κ2) is 3.49. The number of aryl methyl sites for hydroxylation is 1. The highest BCUT2D eigenvalue weighted by atomic mass is 16.3. The van der Waals surface area contributed by atoms with Crippen LogP contribution in [0.4, 0.5) is 0 Å². The molecule has 4 nitrogen and oxygen atoms in total. The minimum atomic E-state index is 0.218. The molecular formula is C10H11N3O. The lowest BCUT2D eigenvalue weighted by molar-refractivity contribution is 0.464. The van der Waals surface area contributed by atoms with E-state index in [0.717, 1.165) is 5.82 Å². The van der Waals surface area contributed by atoms with E-state index in [1.165, 1.54) is 0 Å². The second-order valence-electron chi connectivity index (χ2n) is 3.10. The highest BCUT2D eigenvalue weighted by molar-refractivity contribution is 5.27. The minimum Gasteiger partial charge on any atom is -0.506 e. The van der Waals surface area contributed by atoms with Crippen LogP contribution >= 0.6 is 0 Å². The Kier molecular flexibility index (Phi) is 2.18. The molecule has 0 bridgehead atoms. The summed E-state index contributed by atoms with van der Waals surface area (Å²) < 4.78 is 1.91. The summed E-state index contributed by atoms with van der Waals surface area (Å²) in [6, 6.07) is 3.34. The topological polar surface area (TPSA) is 50.9 Å². The van der Waals surface area contributed by atoms with E-state index in [9.17, 15) is 5.11 Å². The average Bonchev–Trinajstić information content (AvgIpc) is 2.56. The van der Waals surface area contributed by atoms with Crippen molar-refractivity contribution in [1.29, 1.82) is 0 Å². The zero-order valence-electron chi connectivity index (χ0n) is 7.88. The van der Waals surface area contributed by atoms with E-state index in [0.29, 0.717) is 12.1 Å². The van der Waals surface area contributed by atoms with Crippen molar-refractivity contribution in [2.75, 3.05) is 0 Å². The van der Waals surface area contributed by atoms with Crippen LogP contribution < -0.4 is 0 Å². The molecule has 0 radical (unpaired) electrons. The van der Waals surface area contributed by atoms with Crippen LogP contribution in [-0.2, 0) is 13.5 Å². The maximum Gasteiger partial charge on any atom is 0.137 e. The number of rotatable bonds is 2. The lowest BCUT2D eigenvalue weighted by atomic mass is 10.2. The van der Waals surface area contributed by atoms with Gasteiger partial charge in [0.25, 0.3) is 0 Å². The fourth-order valence-electron chi connectivity index (χ4n) is 1.28. The molecule has 72 valence electrons. The standard InChI is InChI=1S/C10H11N3O/c1-13-6-5-12-10(13)7-8-9(14)3-2-4-11-8/h2-6,14H,7H2,1H3. The molecule has 0 fully saturated rings. The Morgan fingerprint density at radius 1 is 1.36 bits per heavy atom. The van der Waals surface area contributed by atoms with Crippen molar-refractivity contribution in [3.05, 3.63) is 42.2 Å². The van der Waals surface area contributed by atoms with Gasteiger partial charge in [-0.15, -0.1) is 0 Å². The zero-order chi connectivity index (χ0) is 9.97. The Hall–Kier alpha value is -1.84. The van der Waals surface area contributed by atoms with Gasteiger partial charge in [-0.3, -0.25) is 4.98 Å². The summed E-state index contributed by atoms with van der Waals surface area (Å²) in [6.07, 6.45) is 5.82. The molecular weight excluding hydrogens is 178 g/mol. The summed E-state index contributed by atoms with van der Waals surface area (Å²) in [4.78, 5) is 8.25. The van der Waals surface area contributed by atoms with Gasteiger partial charge in [-0.25, -0.2) is 4.98 Å². The first-order chi connectivity index (χ1) is 6.77. The first-order valence-electron chi connectivity index (χ1n) is 4.36. The molecule has 0 aliphatic carbocycles. The molecule has 0 amide bonds. The minimum absolute atomic E-state index is 0.218. The molecule has 1 N–H and O–H groups in total. The van der Waals surface area contributed by atoms with Crippen LogP contribution in [0, 0.1) is 0 Å². The lowest BCUT2D eigenvalue weighted by Gasteiger charge is -2.02. The average molecular weight is 189 g/mol. The highest BCUT2D eigenvalue weighted by Crippen LogP contribution is 2.15. The molecule has 0 saturated carbocycles. The Morgan fingerprint density at radius 3 is 2.86 bits per heavy atom. The van der Waals surface area contributed by atoms with E-state index in [-0.39, 0.29) is 5.75 Å². The van der Waals surface area contributed by atoms with Gasteiger partial charge in [0.05, 0.1) is 12.1 Å². The Bertz CT molecular complexity index is 436. The Labute approximate surface area is 81.9 Å². The van der Waals surface area contributed by atoms with Crippen LogP contribution in [0.2, 0.25) is 0 Å². The van der Waals surface area contributed by atoms with Crippen molar-refractivity contribution in [2.45, 2.75) is 6.42 Å². The van der Waals surface area contributed by atoms with Gasteiger partial charge in [0.1, 0.15) is 11.6 Å². The van der Waals surface area contributed by atoms with Gasteiger partial charge in [0, 0.05) is 25.6 Å². The predicted octanol–water partition coefficient (Wildman–Crippen LogP) is 1.11. The molecule has 0 aromatic carbocycles. The smallest absolute Gasteiger partial charge is 0.137 e. The number of aromatic hydroxyl groups is 1. The van der Waals surface area contributed by atoms with Gasteiger partial charge in [-0.1, -0.05) is 0 Å². The molecule has 2 rings (SSSR count). The number of hydrogen-bond donors (Lipinski definition) is 1. The van der Waals surface area contributed by atoms with E-state index in [1.54, 1.807) is 24.5 Å². The molecule has 14 heavy (non-hydrogen) atoms. The molecule has 4 heteroatoms. The molecule has 0 aliphatic heterocycles. The third-order valence-electron chi connectivity index (χ3n) is 2.11. The van der Waals surface area contributed by atoms with Crippen molar-refractivity contribution in [3.8, 4) is 5.75 Å². The van der Waals surface area contributed by atoms with Gasteiger partial charge < -0.3 is 9.67 Å². The van der Waals surface area contributed by atoms with Crippen molar-refractivity contribution in [2.24, 2.45) is 7.05 Å². The number of aromatic nitrogens is 3. The SMILES string of the molecule is Cn1ccnc1Cc1ncccc1O. The number of hydrogen-bond acceptors (Lipinski definition) is 3. The quantitative estimate of drug-likeness (QED) is 0.770. The number of imidazole rings is 1. The van der Waals surface area contributed by atoms with Crippen LogP contribution in [0.5, 0.6) is 5.75 Å². The summed E-state index contributed by atoms with van der Waals surface area (Å²) in [6.45, 7) is 0. The summed E-state index contributed by atoms with van der Waals surface area (Å²) in [5, 5.41) is 9.50. The van der Waals surface area contributed by atoms with Crippen molar-refractivity contribution >= 4 is 0 Å². The van der Waals surface area contributed by atoms with Gasteiger partial charge >= 0.3 is 0 Å². The van der Waals surface area contributed by atoms with Gasteiger partial charge in [0.2, 0.25) is 0 Å². The van der Waals surface area contributed by atoms with Crippen LogP contribution in [0.25, 0.3) is 0 Å². The molecule has 0 saturated heterocycles. The molecule has 2 heterocycles. The van der Waals surface area contributed by atoms with Crippen LogP contribution in [0.3, 0.4) is 0 Å². The number of pyridine rings is 1. The summed E-state index contributed by atoms with van der Waals surface area (Å²) in [5.41, 5.74) is 0.654. The zero-order valence-corrected chi connectivity index (χ0v) is 7.88. The fourth-order valence-corrected chi connectivity index (χ4v) is 1.28. The first kappa shape index (κ1) is 8.74. The lowest BCUT2D eigenvalue weighted by Crippen LogP contribution is -2.00. The maximum absolute atomic E-state index is 9.50. The van der Waals surface area contributed by atoms with Crippen molar-refractivity contribution < 1.29 is 5.11 Å². The maximum atomic E-state index is 9.50. The van der Waals surface area contributed by atoms with Gasteiger partial charge in [-0.2, -0.15) is 0 Å². The third kappa shape index (κ3) is 1.59. The summed E-state index contributed by atoms with van der Waals surface area (Å²) in [7, 11) is 1.92. The number of nitrogens with zero attached hydrogens (tertiary/aromatic N) is 3. The molecule has 2 aromatic heterocycles.